The van der Waals surface area contributed by atoms with Gasteiger partial charge in [0.15, 0.2) is 0 Å². The number of aliphatic hydroxyl groups is 1. The lowest BCUT2D eigenvalue weighted by Gasteiger charge is -2.18. The minimum atomic E-state index is 0.133. The number of rotatable bonds is 3. The van der Waals surface area contributed by atoms with Crippen molar-refractivity contribution in [3.63, 3.8) is 0 Å². The molecule has 102 valence electrons. The number of aryl methyl sites for hydroxylation is 1. The molecule has 19 heavy (non-hydrogen) atoms. The SMILES string of the molecule is Cc1[nH]c(-c2ccc(C(C)(C)C)cc2)nc1CCO. The van der Waals surface area contributed by atoms with E-state index in [-0.39, 0.29) is 12.0 Å². The molecule has 0 unspecified atom stereocenters. The first-order valence-corrected chi connectivity index (χ1v) is 6.69. The van der Waals surface area contributed by atoms with E-state index in [1.807, 2.05) is 6.92 Å². The van der Waals surface area contributed by atoms with Gasteiger partial charge in [-0.15, -0.1) is 0 Å². The highest BCUT2D eigenvalue weighted by Crippen LogP contribution is 2.25. The van der Waals surface area contributed by atoms with E-state index in [2.05, 4.69) is 55.0 Å². The fraction of sp³-hybridized carbons (Fsp3) is 0.438. The number of imidazole rings is 1. The molecule has 0 fully saturated rings. The Bertz CT molecular complexity index is 547. The number of H-pyrrole nitrogens is 1. The van der Waals surface area contributed by atoms with Crippen molar-refractivity contribution in [3.8, 4) is 11.4 Å². The molecule has 2 rings (SSSR count). The summed E-state index contributed by atoms with van der Waals surface area (Å²) in [5, 5.41) is 9.00. The van der Waals surface area contributed by atoms with E-state index in [1.165, 1.54) is 5.56 Å². The third-order valence-electron chi connectivity index (χ3n) is 3.36. The molecule has 0 bridgehead atoms. The molecular formula is C16H22N2O. The second kappa shape index (κ2) is 5.17. The van der Waals surface area contributed by atoms with Crippen LogP contribution in [-0.2, 0) is 11.8 Å². The average molecular weight is 258 g/mol. The Morgan fingerprint density at radius 1 is 1.16 bits per heavy atom. The van der Waals surface area contributed by atoms with E-state index in [0.717, 1.165) is 22.8 Å². The quantitative estimate of drug-likeness (QED) is 0.888. The van der Waals surface area contributed by atoms with Gasteiger partial charge in [-0.2, -0.15) is 0 Å². The lowest BCUT2D eigenvalue weighted by molar-refractivity contribution is 0.298. The van der Waals surface area contributed by atoms with Crippen molar-refractivity contribution in [3.05, 3.63) is 41.2 Å². The van der Waals surface area contributed by atoms with Crippen molar-refractivity contribution in [2.24, 2.45) is 0 Å². The first-order valence-electron chi connectivity index (χ1n) is 6.69. The highest BCUT2D eigenvalue weighted by atomic mass is 16.3. The summed E-state index contributed by atoms with van der Waals surface area (Å²) in [6, 6.07) is 8.50. The fourth-order valence-corrected chi connectivity index (χ4v) is 2.11. The molecule has 3 heteroatoms. The molecule has 0 spiro atoms. The van der Waals surface area contributed by atoms with Crippen LogP contribution in [-0.4, -0.2) is 21.7 Å². The normalized spacial score (nSPS) is 11.8. The third-order valence-corrected chi connectivity index (χ3v) is 3.36. The maximum Gasteiger partial charge on any atom is 0.137 e. The molecule has 1 heterocycles. The van der Waals surface area contributed by atoms with Crippen LogP contribution in [0.1, 0.15) is 37.7 Å². The minimum Gasteiger partial charge on any atom is -0.396 e. The Morgan fingerprint density at radius 2 is 1.79 bits per heavy atom. The van der Waals surface area contributed by atoms with Crippen LogP contribution in [0.15, 0.2) is 24.3 Å². The molecule has 0 aliphatic heterocycles. The molecule has 0 radical (unpaired) electrons. The predicted octanol–water partition coefficient (Wildman–Crippen LogP) is 3.22. The number of aromatic nitrogens is 2. The second-order valence-electron chi connectivity index (χ2n) is 5.96. The van der Waals surface area contributed by atoms with E-state index < -0.39 is 0 Å². The Labute approximate surface area is 114 Å². The maximum absolute atomic E-state index is 9.00. The van der Waals surface area contributed by atoms with Crippen LogP contribution in [0.2, 0.25) is 0 Å². The Balaban J connectivity index is 2.30. The fourth-order valence-electron chi connectivity index (χ4n) is 2.11. The lowest BCUT2D eigenvalue weighted by Crippen LogP contribution is -2.10. The van der Waals surface area contributed by atoms with Crippen molar-refractivity contribution in [2.45, 2.75) is 39.5 Å². The van der Waals surface area contributed by atoms with Gasteiger partial charge in [0.25, 0.3) is 0 Å². The third kappa shape index (κ3) is 3.04. The second-order valence-corrected chi connectivity index (χ2v) is 5.96. The summed E-state index contributed by atoms with van der Waals surface area (Å²) in [6.45, 7) is 8.74. The topological polar surface area (TPSA) is 48.9 Å². The van der Waals surface area contributed by atoms with E-state index >= 15 is 0 Å². The van der Waals surface area contributed by atoms with Crippen molar-refractivity contribution < 1.29 is 5.11 Å². The summed E-state index contributed by atoms with van der Waals surface area (Å²) in [7, 11) is 0. The van der Waals surface area contributed by atoms with Gasteiger partial charge in [0, 0.05) is 24.3 Å². The van der Waals surface area contributed by atoms with Crippen LogP contribution in [0, 0.1) is 6.92 Å². The van der Waals surface area contributed by atoms with Crippen LogP contribution in [0.5, 0.6) is 0 Å². The minimum absolute atomic E-state index is 0.133. The molecular weight excluding hydrogens is 236 g/mol. The smallest absolute Gasteiger partial charge is 0.137 e. The number of aliphatic hydroxyl groups excluding tert-OH is 1. The van der Waals surface area contributed by atoms with E-state index in [1.54, 1.807) is 0 Å². The van der Waals surface area contributed by atoms with Gasteiger partial charge in [0.2, 0.25) is 0 Å². The number of nitrogens with one attached hydrogen (secondary N) is 1. The number of benzene rings is 1. The summed E-state index contributed by atoms with van der Waals surface area (Å²) in [5.74, 6) is 0.876. The van der Waals surface area contributed by atoms with Gasteiger partial charge >= 0.3 is 0 Å². The maximum atomic E-state index is 9.00. The molecule has 0 atom stereocenters. The Morgan fingerprint density at radius 3 is 2.32 bits per heavy atom. The van der Waals surface area contributed by atoms with Gasteiger partial charge in [-0.05, 0) is 17.9 Å². The molecule has 0 aliphatic rings. The van der Waals surface area contributed by atoms with E-state index in [0.29, 0.717) is 6.42 Å². The summed E-state index contributed by atoms with van der Waals surface area (Å²) in [4.78, 5) is 7.83. The van der Waals surface area contributed by atoms with Crippen molar-refractivity contribution >= 4 is 0 Å². The Kier molecular flexibility index (Phi) is 3.76. The first-order chi connectivity index (χ1) is 8.91. The summed E-state index contributed by atoms with van der Waals surface area (Å²) in [6.07, 6.45) is 0.600. The molecule has 0 aliphatic carbocycles. The molecule has 0 amide bonds. The molecule has 2 N–H and O–H groups in total. The zero-order valence-electron chi connectivity index (χ0n) is 12.1. The van der Waals surface area contributed by atoms with Crippen molar-refractivity contribution in [2.75, 3.05) is 6.61 Å². The molecule has 3 nitrogen and oxygen atoms in total. The standard InChI is InChI=1S/C16H22N2O/c1-11-14(9-10-19)18-15(17-11)12-5-7-13(8-6-12)16(2,3)4/h5-8,19H,9-10H2,1-4H3,(H,17,18). The first kappa shape index (κ1) is 13.8. The highest BCUT2D eigenvalue weighted by molar-refractivity contribution is 5.56. The molecule has 1 aromatic heterocycles. The molecule has 0 saturated carbocycles. The number of hydrogen-bond acceptors (Lipinski definition) is 2. The van der Waals surface area contributed by atoms with Crippen LogP contribution in [0.3, 0.4) is 0 Å². The monoisotopic (exact) mass is 258 g/mol. The largest absolute Gasteiger partial charge is 0.396 e. The molecule has 0 saturated heterocycles. The van der Waals surface area contributed by atoms with Gasteiger partial charge in [0.05, 0.1) is 5.69 Å². The molecule has 2 aromatic rings. The van der Waals surface area contributed by atoms with Gasteiger partial charge in [-0.25, -0.2) is 4.98 Å². The summed E-state index contributed by atoms with van der Waals surface area (Å²) in [5.41, 5.74) is 4.54. The highest BCUT2D eigenvalue weighted by Gasteiger charge is 2.14. The van der Waals surface area contributed by atoms with Gasteiger partial charge in [-0.1, -0.05) is 45.0 Å². The lowest BCUT2D eigenvalue weighted by atomic mass is 9.87. The van der Waals surface area contributed by atoms with E-state index in [4.69, 9.17) is 5.11 Å². The van der Waals surface area contributed by atoms with Crippen LogP contribution < -0.4 is 0 Å². The van der Waals surface area contributed by atoms with Gasteiger partial charge in [0.1, 0.15) is 5.82 Å². The summed E-state index contributed by atoms with van der Waals surface area (Å²) < 4.78 is 0. The van der Waals surface area contributed by atoms with Crippen molar-refractivity contribution in [1.29, 1.82) is 0 Å². The van der Waals surface area contributed by atoms with E-state index in [9.17, 15) is 0 Å². The Hall–Kier alpha value is -1.61. The van der Waals surface area contributed by atoms with Gasteiger partial charge in [-0.3, -0.25) is 0 Å². The molecule has 1 aromatic carbocycles. The van der Waals surface area contributed by atoms with Gasteiger partial charge < -0.3 is 10.1 Å². The van der Waals surface area contributed by atoms with Crippen LogP contribution in [0.4, 0.5) is 0 Å². The van der Waals surface area contributed by atoms with Crippen molar-refractivity contribution in [1.82, 2.24) is 9.97 Å². The zero-order chi connectivity index (χ0) is 14.0. The number of hydrogen-bond donors (Lipinski definition) is 2. The number of nitrogens with zero attached hydrogens (tertiary/aromatic N) is 1. The predicted molar refractivity (Wildman–Crippen MR) is 78.3 cm³/mol. The van der Waals surface area contributed by atoms with Crippen LogP contribution >= 0.6 is 0 Å². The summed E-state index contributed by atoms with van der Waals surface area (Å²) >= 11 is 0. The average Bonchev–Trinajstić information content (AvgIpc) is 2.71. The number of aromatic amines is 1. The van der Waals surface area contributed by atoms with Crippen LogP contribution in [0.25, 0.3) is 11.4 Å². The zero-order valence-corrected chi connectivity index (χ0v) is 12.1.